The topological polar surface area (TPSA) is 62.0 Å². The number of nitrogen functional groups attached to an aromatic ring is 1. The molecule has 0 saturated heterocycles. The summed E-state index contributed by atoms with van der Waals surface area (Å²) in [5, 5.41) is 8.46. The van der Waals surface area contributed by atoms with Gasteiger partial charge in [-0.2, -0.15) is 0 Å². The molecule has 44 valence electrons. The van der Waals surface area contributed by atoms with Crippen LogP contribution in [-0.2, 0) is 6.61 Å². The molecular weight excluding hydrogens is 104 g/mol. The van der Waals surface area contributed by atoms with Crippen LogP contribution in [0.25, 0.3) is 0 Å². The van der Waals surface area contributed by atoms with Gasteiger partial charge in [-0.05, 0) is 6.07 Å². The Bertz CT molecular complexity index is 171. The molecule has 0 aliphatic rings. The zero-order valence-corrected chi connectivity index (χ0v) is 4.39. The fourth-order valence-electron chi connectivity index (χ4n) is 0.552. The fraction of sp³-hybridized carbons (Fsp3) is 0.200. The van der Waals surface area contributed by atoms with Crippen LogP contribution in [0.15, 0.2) is 12.3 Å². The van der Waals surface area contributed by atoms with E-state index in [2.05, 4.69) is 4.98 Å². The first-order chi connectivity index (χ1) is 3.83. The van der Waals surface area contributed by atoms with Gasteiger partial charge in [-0.1, -0.05) is 0 Å². The van der Waals surface area contributed by atoms with Crippen LogP contribution >= 0.6 is 0 Å². The number of rotatable bonds is 1. The van der Waals surface area contributed by atoms with Crippen molar-refractivity contribution in [1.29, 1.82) is 0 Å². The molecule has 1 aromatic rings. The van der Waals surface area contributed by atoms with Crippen molar-refractivity contribution < 1.29 is 5.11 Å². The van der Waals surface area contributed by atoms with E-state index >= 15 is 0 Å². The first kappa shape index (κ1) is 5.18. The normalized spacial score (nSPS) is 9.62. The van der Waals surface area contributed by atoms with Crippen LogP contribution in [0.4, 0.5) is 5.69 Å². The lowest BCUT2D eigenvalue weighted by molar-refractivity contribution is 0.277. The molecule has 0 aliphatic heterocycles. The maximum atomic E-state index is 8.46. The summed E-state index contributed by atoms with van der Waals surface area (Å²) in [7, 11) is 0. The second kappa shape index (κ2) is 1.88. The Kier molecular flexibility index (Phi) is 1.22. The van der Waals surface area contributed by atoms with Gasteiger partial charge in [0.25, 0.3) is 0 Å². The first-order valence-corrected chi connectivity index (χ1v) is 2.36. The number of nitrogens with one attached hydrogen (secondary N) is 1. The molecule has 0 aromatic carbocycles. The summed E-state index contributed by atoms with van der Waals surface area (Å²) < 4.78 is 0. The minimum atomic E-state index is 0.0250. The zero-order valence-electron chi connectivity index (χ0n) is 4.39. The maximum Gasteiger partial charge on any atom is 0.0831 e. The van der Waals surface area contributed by atoms with E-state index in [0.717, 1.165) is 5.69 Å². The Hall–Kier alpha value is -0.960. The quantitative estimate of drug-likeness (QED) is 0.482. The number of aliphatic hydroxyl groups is 1. The molecule has 8 heavy (non-hydrogen) atoms. The Labute approximate surface area is 47.1 Å². The van der Waals surface area contributed by atoms with Crippen LogP contribution in [0.1, 0.15) is 5.69 Å². The van der Waals surface area contributed by atoms with E-state index in [4.69, 9.17) is 10.8 Å². The zero-order chi connectivity index (χ0) is 5.98. The van der Waals surface area contributed by atoms with E-state index < -0.39 is 0 Å². The Morgan fingerprint density at radius 3 is 2.75 bits per heavy atom. The van der Waals surface area contributed by atoms with Gasteiger partial charge in [-0.3, -0.25) is 0 Å². The number of hydrogen-bond donors (Lipinski definition) is 3. The van der Waals surface area contributed by atoms with E-state index in [-0.39, 0.29) is 6.61 Å². The third-order valence-corrected chi connectivity index (χ3v) is 0.935. The van der Waals surface area contributed by atoms with Crippen molar-refractivity contribution in [1.82, 2.24) is 4.98 Å². The van der Waals surface area contributed by atoms with Crippen LogP contribution in [0, 0.1) is 0 Å². The summed E-state index contributed by atoms with van der Waals surface area (Å²) in [6, 6.07) is 1.69. The third kappa shape index (κ3) is 0.816. The van der Waals surface area contributed by atoms with Crippen molar-refractivity contribution in [3.05, 3.63) is 18.0 Å². The molecule has 0 spiro atoms. The molecule has 4 N–H and O–H groups in total. The molecule has 0 atom stereocenters. The van der Waals surface area contributed by atoms with Crippen LogP contribution in [0.3, 0.4) is 0 Å². The van der Waals surface area contributed by atoms with Crippen molar-refractivity contribution >= 4 is 5.69 Å². The average Bonchev–Trinajstić information content (AvgIpc) is 2.14. The van der Waals surface area contributed by atoms with Gasteiger partial charge in [0.15, 0.2) is 0 Å². The smallest absolute Gasteiger partial charge is 0.0831 e. The molecule has 1 aromatic heterocycles. The third-order valence-electron chi connectivity index (χ3n) is 0.935. The molecular formula is C5H8N2O. The van der Waals surface area contributed by atoms with E-state index in [1.54, 1.807) is 12.3 Å². The number of nitrogens with two attached hydrogens (primary N) is 1. The second-order valence-electron chi connectivity index (χ2n) is 1.62. The fourth-order valence-corrected chi connectivity index (χ4v) is 0.552. The van der Waals surface area contributed by atoms with E-state index in [9.17, 15) is 0 Å². The monoisotopic (exact) mass is 112 g/mol. The average molecular weight is 112 g/mol. The highest BCUT2D eigenvalue weighted by Crippen LogP contribution is 2.02. The number of aliphatic hydroxyl groups excluding tert-OH is 1. The Balaban J connectivity index is 2.84. The van der Waals surface area contributed by atoms with Gasteiger partial charge in [0.1, 0.15) is 0 Å². The molecule has 3 heteroatoms. The minimum absolute atomic E-state index is 0.0250. The maximum absolute atomic E-state index is 8.46. The van der Waals surface area contributed by atoms with E-state index in [1.165, 1.54) is 0 Å². The lowest BCUT2D eigenvalue weighted by atomic mass is 10.4. The molecule has 0 bridgehead atoms. The van der Waals surface area contributed by atoms with E-state index in [1.807, 2.05) is 0 Å². The second-order valence-corrected chi connectivity index (χ2v) is 1.62. The molecule has 0 fully saturated rings. The summed E-state index contributed by atoms with van der Waals surface area (Å²) in [6.45, 7) is 0.0250. The number of aromatic amines is 1. The van der Waals surface area contributed by atoms with Gasteiger partial charge < -0.3 is 15.8 Å². The molecule has 1 heterocycles. The molecule has 1 rings (SSSR count). The molecule has 0 saturated carbocycles. The summed E-state index contributed by atoms with van der Waals surface area (Å²) in [6.07, 6.45) is 1.64. The Morgan fingerprint density at radius 1 is 1.75 bits per heavy atom. The molecule has 3 nitrogen and oxygen atoms in total. The van der Waals surface area contributed by atoms with Crippen molar-refractivity contribution in [3.8, 4) is 0 Å². The van der Waals surface area contributed by atoms with Gasteiger partial charge in [0.05, 0.1) is 6.61 Å². The highest BCUT2D eigenvalue weighted by molar-refractivity contribution is 5.37. The first-order valence-electron chi connectivity index (χ1n) is 2.36. The molecule has 0 aliphatic carbocycles. The minimum Gasteiger partial charge on any atom is -0.397 e. The number of anilines is 1. The number of hydrogen-bond acceptors (Lipinski definition) is 2. The van der Waals surface area contributed by atoms with Crippen LogP contribution < -0.4 is 5.73 Å². The summed E-state index contributed by atoms with van der Waals surface area (Å²) >= 11 is 0. The molecule has 0 amide bonds. The van der Waals surface area contributed by atoms with Gasteiger partial charge in [0, 0.05) is 17.6 Å². The number of aromatic nitrogens is 1. The molecule has 0 unspecified atom stereocenters. The highest BCUT2D eigenvalue weighted by atomic mass is 16.3. The summed E-state index contributed by atoms with van der Waals surface area (Å²) in [5.74, 6) is 0. The van der Waals surface area contributed by atoms with Gasteiger partial charge in [0.2, 0.25) is 0 Å². The SMILES string of the molecule is Nc1c[nH]c(CO)c1. The van der Waals surface area contributed by atoms with Gasteiger partial charge in [-0.25, -0.2) is 0 Å². The van der Waals surface area contributed by atoms with Crippen molar-refractivity contribution in [3.63, 3.8) is 0 Å². The lowest BCUT2D eigenvalue weighted by Crippen LogP contribution is -1.79. The summed E-state index contributed by atoms with van der Waals surface area (Å²) in [4.78, 5) is 2.78. The lowest BCUT2D eigenvalue weighted by Gasteiger charge is -1.81. The Morgan fingerprint density at radius 2 is 2.50 bits per heavy atom. The van der Waals surface area contributed by atoms with Crippen LogP contribution in [0.2, 0.25) is 0 Å². The van der Waals surface area contributed by atoms with Crippen LogP contribution in [-0.4, -0.2) is 10.1 Å². The van der Waals surface area contributed by atoms with Crippen LogP contribution in [0.5, 0.6) is 0 Å². The highest BCUT2D eigenvalue weighted by Gasteiger charge is 1.89. The number of H-pyrrole nitrogens is 1. The molecule has 0 radical (unpaired) electrons. The van der Waals surface area contributed by atoms with Gasteiger partial charge in [-0.15, -0.1) is 0 Å². The largest absolute Gasteiger partial charge is 0.397 e. The van der Waals surface area contributed by atoms with Crippen molar-refractivity contribution in [2.24, 2.45) is 0 Å². The standard InChI is InChI=1S/C5H8N2O/c6-4-1-5(3-8)7-2-4/h1-2,7-8H,3,6H2. The predicted octanol–water partition coefficient (Wildman–Crippen LogP) is 0.0892. The van der Waals surface area contributed by atoms with Gasteiger partial charge >= 0.3 is 0 Å². The predicted molar refractivity (Wildman–Crippen MR) is 31.1 cm³/mol. The summed E-state index contributed by atoms with van der Waals surface area (Å²) in [5.41, 5.74) is 6.73. The van der Waals surface area contributed by atoms with Crippen molar-refractivity contribution in [2.75, 3.05) is 5.73 Å². The van der Waals surface area contributed by atoms with Crippen molar-refractivity contribution in [2.45, 2.75) is 6.61 Å². The van der Waals surface area contributed by atoms with E-state index in [0.29, 0.717) is 5.69 Å².